The van der Waals surface area contributed by atoms with Crippen molar-refractivity contribution in [1.29, 1.82) is 0 Å². The molecule has 1 saturated heterocycles. The SMILES string of the molecule is C=CCNc1nn(CN2CCN(c3ccc([N+](=O)[O-])cc3)CC2)c(=S)s1. The number of nitro groups is 1. The average Bonchev–Trinajstić information content (AvgIpc) is 3.00. The summed E-state index contributed by atoms with van der Waals surface area (Å²) in [6.07, 6.45) is 1.78. The second-order valence-corrected chi connectivity index (χ2v) is 7.48. The highest BCUT2D eigenvalue weighted by atomic mass is 32.1. The van der Waals surface area contributed by atoms with Crippen molar-refractivity contribution < 1.29 is 4.92 Å². The lowest BCUT2D eigenvalue weighted by Crippen LogP contribution is -2.46. The van der Waals surface area contributed by atoms with Gasteiger partial charge in [-0.1, -0.05) is 17.4 Å². The van der Waals surface area contributed by atoms with Crippen LogP contribution in [0, 0.1) is 14.1 Å². The van der Waals surface area contributed by atoms with Gasteiger partial charge in [0.2, 0.25) is 5.13 Å². The number of hydrogen-bond acceptors (Lipinski definition) is 8. The van der Waals surface area contributed by atoms with Crippen molar-refractivity contribution in [3.63, 3.8) is 0 Å². The first kappa shape index (κ1) is 18.5. The molecule has 2 heterocycles. The molecule has 0 aliphatic carbocycles. The van der Waals surface area contributed by atoms with Crippen LogP contribution in [-0.2, 0) is 6.67 Å². The van der Waals surface area contributed by atoms with Crippen molar-refractivity contribution in [3.05, 3.63) is 51.0 Å². The molecule has 1 aromatic carbocycles. The lowest BCUT2D eigenvalue weighted by Gasteiger charge is -2.35. The van der Waals surface area contributed by atoms with E-state index in [1.54, 1.807) is 18.2 Å². The molecular weight excluding hydrogens is 372 g/mol. The van der Waals surface area contributed by atoms with Gasteiger partial charge in [0.25, 0.3) is 5.69 Å². The Kier molecular flexibility index (Phi) is 5.96. The molecule has 0 amide bonds. The van der Waals surface area contributed by atoms with E-state index in [9.17, 15) is 10.1 Å². The molecule has 0 spiro atoms. The summed E-state index contributed by atoms with van der Waals surface area (Å²) in [4.78, 5) is 14.9. The molecule has 8 nitrogen and oxygen atoms in total. The van der Waals surface area contributed by atoms with Gasteiger partial charge in [-0.2, -0.15) is 0 Å². The largest absolute Gasteiger partial charge is 0.369 e. The van der Waals surface area contributed by atoms with E-state index >= 15 is 0 Å². The van der Waals surface area contributed by atoms with Crippen molar-refractivity contribution in [1.82, 2.24) is 14.7 Å². The molecule has 138 valence electrons. The maximum Gasteiger partial charge on any atom is 0.269 e. The van der Waals surface area contributed by atoms with Gasteiger partial charge >= 0.3 is 0 Å². The second kappa shape index (κ2) is 8.39. The van der Waals surface area contributed by atoms with Crippen LogP contribution in [0.3, 0.4) is 0 Å². The molecule has 1 aromatic heterocycles. The number of rotatable bonds is 7. The van der Waals surface area contributed by atoms with Gasteiger partial charge in [0, 0.05) is 50.5 Å². The summed E-state index contributed by atoms with van der Waals surface area (Å²) in [5.41, 5.74) is 1.13. The predicted molar refractivity (Wildman–Crippen MR) is 107 cm³/mol. The van der Waals surface area contributed by atoms with Gasteiger partial charge in [-0.25, -0.2) is 4.68 Å². The van der Waals surface area contributed by atoms with Crippen molar-refractivity contribution in [3.8, 4) is 0 Å². The van der Waals surface area contributed by atoms with Crippen LogP contribution in [0.15, 0.2) is 36.9 Å². The van der Waals surface area contributed by atoms with Gasteiger partial charge in [-0.05, 0) is 24.4 Å². The normalized spacial score (nSPS) is 15.0. The van der Waals surface area contributed by atoms with E-state index in [0.29, 0.717) is 13.2 Å². The van der Waals surface area contributed by atoms with E-state index in [-0.39, 0.29) is 10.6 Å². The Labute approximate surface area is 160 Å². The highest BCUT2D eigenvalue weighted by Gasteiger charge is 2.19. The fourth-order valence-corrected chi connectivity index (χ4v) is 3.75. The minimum absolute atomic E-state index is 0.117. The lowest BCUT2D eigenvalue weighted by atomic mass is 10.2. The Balaban J connectivity index is 1.55. The van der Waals surface area contributed by atoms with Gasteiger partial charge in [-0.15, -0.1) is 11.7 Å². The third-order valence-electron chi connectivity index (χ3n) is 4.14. The van der Waals surface area contributed by atoms with E-state index in [1.807, 2.05) is 16.8 Å². The molecule has 2 aromatic rings. The van der Waals surface area contributed by atoms with Crippen LogP contribution in [0.1, 0.15) is 0 Å². The molecule has 1 N–H and O–H groups in total. The quantitative estimate of drug-likeness (QED) is 0.336. The van der Waals surface area contributed by atoms with Gasteiger partial charge in [0.15, 0.2) is 3.95 Å². The zero-order chi connectivity index (χ0) is 18.5. The third kappa shape index (κ3) is 4.45. The lowest BCUT2D eigenvalue weighted by molar-refractivity contribution is -0.384. The smallest absolute Gasteiger partial charge is 0.269 e. The zero-order valence-corrected chi connectivity index (χ0v) is 15.8. The summed E-state index contributed by atoms with van der Waals surface area (Å²) in [7, 11) is 0. The van der Waals surface area contributed by atoms with Gasteiger partial charge < -0.3 is 10.2 Å². The Morgan fingerprint density at radius 3 is 2.62 bits per heavy atom. The summed E-state index contributed by atoms with van der Waals surface area (Å²) in [5, 5.41) is 19.2. The summed E-state index contributed by atoms with van der Waals surface area (Å²) < 4.78 is 2.59. The second-order valence-electron chi connectivity index (χ2n) is 5.86. The maximum atomic E-state index is 10.8. The zero-order valence-electron chi connectivity index (χ0n) is 14.2. The van der Waals surface area contributed by atoms with Gasteiger partial charge in [0.1, 0.15) is 0 Å². The number of nitro benzene ring substituents is 1. The minimum Gasteiger partial charge on any atom is -0.369 e. The van der Waals surface area contributed by atoms with Crippen LogP contribution in [-0.4, -0.2) is 52.3 Å². The molecule has 1 aliphatic heterocycles. The number of anilines is 2. The summed E-state index contributed by atoms with van der Waals surface area (Å²) in [6.45, 7) is 8.49. The Bertz CT molecular complexity index is 824. The fourth-order valence-electron chi connectivity index (χ4n) is 2.75. The molecular formula is C16H20N6O2S2. The van der Waals surface area contributed by atoms with Crippen LogP contribution < -0.4 is 10.2 Å². The third-order valence-corrected chi connectivity index (χ3v) is 5.40. The Hall–Kier alpha value is -2.30. The molecule has 0 radical (unpaired) electrons. The van der Waals surface area contributed by atoms with Crippen LogP contribution in [0.2, 0.25) is 0 Å². The van der Waals surface area contributed by atoms with E-state index in [1.165, 1.54) is 11.3 Å². The molecule has 0 unspecified atom stereocenters. The first-order valence-electron chi connectivity index (χ1n) is 8.21. The number of aromatic nitrogens is 2. The molecule has 0 atom stereocenters. The van der Waals surface area contributed by atoms with E-state index in [4.69, 9.17) is 12.2 Å². The summed E-state index contributed by atoms with van der Waals surface area (Å²) in [5.74, 6) is 0. The monoisotopic (exact) mass is 392 g/mol. The van der Waals surface area contributed by atoms with E-state index in [2.05, 4.69) is 26.8 Å². The molecule has 3 rings (SSSR count). The molecule has 26 heavy (non-hydrogen) atoms. The van der Waals surface area contributed by atoms with Gasteiger partial charge in [0.05, 0.1) is 11.6 Å². The number of piperazine rings is 1. The average molecular weight is 393 g/mol. The number of non-ortho nitro benzene ring substituents is 1. The fraction of sp³-hybridized carbons (Fsp3) is 0.375. The van der Waals surface area contributed by atoms with Crippen molar-refractivity contribution in [2.45, 2.75) is 6.67 Å². The maximum absolute atomic E-state index is 10.8. The molecule has 10 heteroatoms. The highest BCUT2D eigenvalue weighted by molar-refractivity contribution is 7.73. The molecule has 0 bridgehead atoms. The van der Waals surface area contributed by atoms with Crippen LogP contribution >= 0.6 is 23.6 Å². The van der Waals surface area contributed by atoms with Crippen LogP contribution in [0.4, 0.5) is 16.5 Å². The molecule has 0 saturated carbocycles. The standard InChI is InChI=1S/C16H20N6O2S2/c1-2-7-17-15-18-21(16(25)26-15)12-19-8-10-20(11-9-19)13-3-5-14(6-4-13)22(23)24/h2-6H,1,7-12H2,(H,17,18). The van der Waals surface area contributed by atoms with E-state index in [0.717, 1.165) is 41.0 Å². The van der Waals surface area contributed by atoms with Crippen molar-refractivity contribution >= 4 is 40.1 Å². The minimum atomic E-state index is -0.378. The number of nitrogens with zero attached hydrogens (tertiary/aromatic N) is 5. The Morgan fingerprint density at radius 1 is 1.31 bits per heavy atom. The highest BCUT2D eigenvalue weighted by Crippen LogP contribution is 2.21. The molecule has 1 aliphatic rings. The number of benzene rings is 1. The van der Waals surface area contributed by atoms with Gasteiger partial charge in [-0.3, -0.25) is 15.0 Å². The van der Waals surface area contributed by atoms with Crippen LogP contribution in [0.25, 0.3) is 0 Å². The van der Waals surface area contributed by atoms with Crippen molar-refractivity contribution in [2.75, 3.05) is 42.9 Å². The molecule has 1 fully saturated rings. The predicted octanol–water partition coefficient (Wildman–Crippen LogP) is 2.96. The number of nitrogens with one attached hydrogen (secondary N) is 1. The first-order chi connectivity index (χ1) is 12.6. The van der Waals surface area contributed by atoms with E-state index < -0.39 is 0 Å². The van der Waals surface area contributed by atoms with Crippen molar-refractivity contribution in [2.24, 2.45) is 0 Å². The number of hydrogen-bond donors (Lipinski definition) is 1. The van der Waals surface area contributed by atoms with Crippen LogP contribution in [0.5, 0.6) is 0 Å². The summed E-state index contributed by atoms with van der Waals surface area (Å²) in [6, 6.07) is 6.71. The topological polar surface area (TPSA) is 79.5 Å². The summed E-state index contributed by atoms with van der Waals surface area (Å²) >= 11 is 6.85. The first-order valence-corrected chi connectivity index (χ1v) is 9.44. The Morgan fingerprint density at radius 2 is 2.00 bits per heavy atom.